The topological polar surface area (TPSA) is 38.9 Å². The summed E-state index contributed by atoms with van der Waals surface area (Å²) in [4.78, 5) is 10.7. The zero-order valence-electron chi connectivity index (χ0n) is 33.1. The second-order valence-electron chi connectivity index (χ2n) is 15.7. The highest BCUT2D eigenvalue weighted by molar-refractivity contribution is 6.24. The maximum Gasteiger partial charge on any atom is 0.143 e. The molecule has 0 amide bonds. The van der Waals surface area contributed by atoms with Crippen LogP contribution in [0.3, 0.4) is 0 Å². The van der Waals surface area contributed by atoms with Gasteiger partial charge in [-0.25, -0.2) is 4.98 Å². The normalized spacial score (nSPS) is 11.6. The van der Waals surface area contributed by atoms with Crippen molar-refractivity contribution in [2.75, 3.05) is 0 Å². The molecule has 10 aromatic carbocycles. The summed E-state index contributed by atoms with van der Waals surface area (Å²) in [6.07, 6.45) is 1.94. The van der Waals surface area contributed by atoms with Crippen LogP contribution < -0.4 is 0 Å². The number of hydrogen-bond donors (Lipinski definition) is 0. The Bertz CT molecular complexity index is 3630. The van der Waals surface area contributed by atoms with Gasteiger partial charge in [0.2, 0.25) is 0 Å². The quantitative estimate of drug-likeness (QED) is 0.158. The molecule has 3 nitrogen and oxygen atoms in total. The summed E-state index contributed by atoms with van der Waals surface area (Å²) < 4.78 is 6.38. The van der Waals surface area contributed by atoms with Crippen molar-refractivity contribution in [3.63, 3.8) is 0 Å². The van der Waals surface area contributed by atoms with E-state index in [2.05, 4.69) is 200 Å². The van der Waals surface area contributed by atoms with E-state index in [4.69, 9.17) is 14.4 Å². The highest BCUT2D eigenvalue weighted by atomic mass is 16.3. The molecular weight excluding hydrogens is 741 g/mol. The molecule has 3 heteroatoms. The Balaban J connectivity index is 0.920. The van der Waals surface area contributed by atoms with Crippen LogP contribution in [-0.4, -0.2) is 9.97 Å². The maximum absolute atomic E-state index is 6.38. The van der Waals surface area contributed by atoms with Crippen molar-refractivity contribution in [2.45, 2.75) is 0 Å². The van der Waals surface area contributed by atoms with Gasteiger partial charge in [0.25, 0.3) is 0 Å². The third-order valence-corrected chi connectivity index (χ3v) is 12.1. The van der Waals surface area contributed by atoms with Crippen molar-refractivity contribution < 1.29 is 4.42 Å². The van der Waals surface area contributed by atoms with Gasteiger partial charge in [0.05, 0.1) is 22.9 Å². The molecule has 0 atom stereocenters. The monoisotopic (exact) mass is 776 g/mol. The van der Waals surface area contributed by atoms with Crippen molar-refractivity contribution in [1.29, 1.82) is 0 Å². The second kappa shape index (κ2) is 14.3. The summed E-state index contributed by atoms with van der Waals surface area (Å²) in [5.41, 5.74) is 17.0. The summed E-state index contributed by atoms with van der Waals surface area (Å²) >= 11 is 0. The largest absolute Gasteiger partial charge is 0.455 e. The van der Waals surface area contributed by atoms with Gasteiger partial charge in [0.15, 0.2) is 0 Å². The van der Waals surface area contributed by atoms with Crippen LogP contribution in [0.15, 0.2) is 223 Å². The molecule has 0 aliphatic heterocycles. The molecule has 2 heterocycles. The lowest BCUT2D eigenvalue weighted by Crippen LogP contribution is -1.93. The van der Waals surface area contributed by atoms with Gasteiger partial charge in [0.1, 0.15) is 11.2 Å². The summed E-state index contributed by atoms with van der Waals surface area (Å²) in [5, 5.41) is 6.80. The SMILES string of the molecule is c1ccc(-c2ccc3c4ccc(-c5ccccc5)cc4c4nc(-c5cccc(-c6ccc(-c7cccc(-c8cccc9c8oc8ccccc89)c7)cc6)c5)cnc4c3c2)cc1. The standard InChI is InChI=1S/C58H36N2O/c1-3-12-37(13-4-1)43-28-30-48-49-31-29-44(38-14-5-2-6-15-38)35-53(49)57-56(52(48)34-43)59-36-54(60-57)46-19-10-17-42(33-46)40-26-24-39(25-27-40)41-16-9-18-45(32-41)47-21-11-22-51-50-20-7-8-23-55(50)61-58(47)51/h1-36H. The van der Waals surface area contributed by atoms with Crippen LogP contribution in [0.1, 0.15) is 0 Å². The zero-order chi connectivity index (χ0) is 40.3. The molecule has 61 heavy (non-hydrogen) atoms. The van der Waals surface area contributed by atoms with E-state index in [1.165, 1.54) is 21.9 Å². The minimum atomic E-state index is 0.840. The van der Waals surface area contributed by atoms with E-state index >= 15 is 0 Å². The van der Waals surface area contributed by atoms with Crippen LogP contribution in [0.5, 0.6) is 0 Å². The van der Waals surface area contributed by atoms with Gasteiger partial charge in [-0.2, -0.15) is 0 Å². The Labute approximate surface area is 352 Å². The first kappa shape index (κ1) is 34.9. The van der Waals surface area contributed by atoms with Gasteiger partial charge >= 0.3 is 0 Å². The van der Waals surface area contributed by atoms with E-state index in [0.29, 0.717) is 0 Å². The van der Waals surface area contributed by atoms with E-state index in [1.807, 2.05) is 18.3 Å². The third-order valence-electron chi connectivity index (χ3n) is 12.1. The molecule has 284 valence electrons. The molecule has 12 aromatic rings. The number of para-hydroxylation sites is 2. The first-order valence-electron chi connectivity index (χ1n) is 20.7. The van der Waals surface area contributed by atoms with Crippen LogP contribution >= 0.6 is 0 Å². The lowest BCUT2D eigenvalue weighted by atomic mass is 9.93. The fraction of sp³-hybridized carbons (Fsp3) is 0. The maximum atomic E-state index is 6.38. The Hall–Kier alpha value is -8.14. The summed E-state index contributed by atoms with van der Waals surface area (Å²) in [7, 11) is 0. The molecule has 0 aliphatic rings. The molecule has 2 aromatic heterocycles. The number of benzene rings is 10. The van der Waals surface area contributed by atoms with Crippen molar-refractivity contribution in [3.05, 3.63) is 219 Å². The molecule has 0 radical (unpaired) electrons. The van der Waals surface area contributed by atoms with Gasteiger partial charge in [0, 0.05) is 32.7 Å². The second-order valence-corrected chi connectivity index (χ2v) is 15.7. The Morgan fingerprint density at radius 2 is 0.770 bits per heavy atom. The highest BCUT2D eigenvalue weighted by Crippen LogP contribution is 2.40. The number of nitrogens with zero attached hydrogens (tertiary/aromatic N) is 2. The molecule has 0 saturated carbocycles. The van der Waals surface area contributed by atoms with Crippen LogP contribution in [0.25, 0.3) is 121 Å². The van der Waals surface area contributed by atoms with Gasteiger partial charge in [-0.05, 0) is 91.2 Å². The first-order valence-corrected chi connectivity index (χ1v) is 20.7. The summed E-state index contributed by atoms with van der Waals surface area (Å²) in [5.74, 6) is 0. The molecule has 0 saturated heterocycles. The molecule has 0 aliphatic carbocycles. The van der Waals surface area contributed by atoms with E-state index in [1.54, 1.807) is 0 Å². The molecule has 0 fully saturated rings. The van der Waals surface area contributed by atoms with Crippen LogP contribution in [0.4, 0.5) is 0 Å². The van der Waals surface area contributed by atoms with Gasteiger partial charge in [-0.15, -0.1) is 0 Å². The molecular formula is C58H36N2O. The molecule has 0 bridgehead atoms. The summed E-state index contributed by atoms with van der Waals surface area (Å²) in [6, 6.07) is 75.4. The first-order chi connectivity index (χ1) is 30.2. The van der Waals surface area contributed by atoms with Crippen molar-refractivity contribution >= 4 is 54.5 Å². The lowest BCUT2D eigenvalue weighted by molar-refractivity contribution is 0.670. The molecule has 0 N–H and O–H groups in total. The van der Waals surface area contributed by atoms with Crippen molar-refractivity contribution in [2.24, 2.45) is 0 Å². The predicted octanol–water partition coefficient (Wildman–Crippen LogP) is 15.8. The zero-order valence-corrected chi connectivity index (χ0v) is 33.1. The van der Waals surface area contributed by atoms with E-state index in [9.17, 15) is 0 Å². The van der Waals surface area contributed by atoms with E-state index in [0.717, 1.165) is 99.5 Å². The van der Waals surface area contributed by atoms with E-state index < -0.39 is 0 Å². The number of fused-ring (bicyclic) bond motifs is 9. The van der Waals surface area contributed by atoms with Gasteiger partial charge in [-0.3, -0.25) is 4.98 Å². The number of rotatable bonds is 6. The average molecular weight is 777 g/mol. The Morgan fingerprint density at radius 1 is 0.295 bits per heavy atom. The predicted molar refractivity (Wildman–Crippen MR) is 254 cm³/mol. The van der Waals surface area contributed by atoms with Crippen molar-refractivity contribution in [3.8, 4) is 66.9 Å². The Kier molecular flexibility index (Phi) is 8.17. The Morgan fingerprint density at radius 3 is 1.44 bits per heavy atom. The number of aromatic nitrogens is 2. The lowest BCUT2D eigenvalue weighted by Gasteiger charge is -2.14. The summed E-state index contributed by atoms with van der Waals surface area (Å²) in [6.45, 7) is 0. The minimum Gasteiger partial charge on any atom is -0.455 e. The van der Waals surface area contributed by atoms with E-state index in [-0.39, 0.29) is 0 Å². The smallest absolute Gasteiger partial charge is 0.143 e. The third kappa shape index (κ3) is 6.06. The molecule has 0 unspecified atom stereocenters. The molecule has 12 rings (SSSR count). The fourth-order valence-corrected chi connectivity index (χ4v) is 9.04. The van der Waals surface area contributed by atoms with Gasteiger partial charge in [-0.1, -0.05) is 182 Å². The van der Waals surface area contributed by atoms with Crippen LogP contribution in [0, 0.1) is 0 Å². The number of hydrogen-bond acceptors (Lipinski definition) is 3. The van der Waals surface area contributed by atoms with Crippen LogP contribution in [-0.2, 0) is 0 Å². The van der Waals surface area contributed by atoms with Gasteiger partial charge < -0.3 is 4.42 Å². The highest BCUT2D eigenvalue weighted by Gasteiger charge is 2.16. The number of furan rings is 1. The fourth-order valence-electron chi connectivity index (χ4n) is 9.04. The average Bonchev–Trinajstić information content (AvgIpc) is 3.73. The molecule has 0 spiro atoms. The van der Waals surface area contributed by atoms with Crippen molar-refractivity contribution in [1.82, 2.24) is 9.97 Å². The minimum absolute atomic E-state index is 0.840. The van der Waals surface area contributed by atoms with Crippen LogP contribution in [0.2, 0.25) is 0 Å².